The molecule has 1 saturated carbocycles. The number of rotatable bonds is 5. The summed E-state index contributed by atoms with van der Waals surface area (Å²) in [5, 5.41) is 6.55. The first-order valence-corrected chi connectivity index (χ1v) is 10.7. The molecule has 0 saturated heterocycles. The van der Waals surface area contributed by atoms with E-state index < -0.39 is 0 Å². The summed E-state index contributed by atoms with van der Waals surface area (Å²) < 4.78 is 1.57. The van der Waals surface area contributed by atoms with Crippen LogP contribution < -0.4 is 16.2 Å². The van der Waals surface area contributed by atoms with Gasteiger partial charge >= 0.3 is 0 Å². The Bertz CT molecular complexity index is 1140. The molecule has 0 bridgehead atoms. The second-order valence-corrected chi connectivity index (χ2v) is 8.06. The lowest BCUT2D eigenvalue weighted by Gasteiger charge is -2.28. The fourth-order valence-corrected chi connectivity index (χ4v) is 4.17. The molecule has 160 valence electrons. The highest BCUT2D eigenvalue weighted by molar-refractivity contribution is 6.32. The zero-order chi connectivity index (χ0) is 21.8. The summed E-state index contributed by atoms with van der Waals surface area (Å²) in [6.45, 7) is 0. The maximum Gasteiger partial charge on any atom is 0.255 e. The molecule has 7 nitrogen and oxygen atoms in total. The minimum absolute atomic E-state index is 0.0777. The van der Waals surface area contributed by atoms with Gasteiger partial charge in [0.25, 0.3) is 5.56 Å². The summed E-state index contributed by atoms with van der Waals surface area (Å²) in [7, 11) is 1.68. The van der Waals surface area contributed by atoms with Gasteiger partial charge in [-0.3, -0.25) is 14.2 Å². The number of halogens is 1. The molecule has 1 aliphatic carbocycles. The van der Waals surface area contributed by atoms with E-state index in [1.54, 1.807) is 30.1 Å². The molecule has 8 heteroatoms. The van der Waals surface area contributed by atoms with E-state index in [9.17, 15) is 9.59 Å². The van der Waals surface area contributed by atoms with E-state index >= 15 is 0 Å². The van der Waals surface area contributed by atoms with Crippen LogP contribution in [0.4, 0.5) is 5.95 Å². The summed E-state index contributed by atoms with van der Waals surface area (Å²) in [5.41, 5.74) is 2.03. The zero-order valence-corrected chi connectivity index (χ0v) is 18.0. The number of hydrogen-bond acceptors (Lipinski definition) is 5. The number of nitrogens with zero attached hydrogens (tertiary/aromatic N) is 3. The highest BCUT2D eigenvalue weighted by atomic mass is 35.5. The van der Waals surface area contributed by atoms with Crippen LogP contribution >= 0.6 is 11.6 Å². The third kappa shape index (κ3) is 4.77. The average molecular weight is 438 g/mol. The molecule has 2 aromatic heterocycles. The largest absolute Gasteiger partial charge is 0.359 e. The molecule has 1 aromatic carbocycles. The second kappa shape index (κ2) is 9.31. The van der Waals surface area contributed by atoms with Crippen molar-refractivity contribution in [3.63, 3.8) is 0 Å². The zero-order valence-electron chi connectivity index (χ0n) is 17.2. The molecule has 0 unspecified atom stereocenters. The Kier molecular flexibility index (Phi) is 6.32. The van der Waals surface area contributed by atoms with Gasteiger partial charge in [0.2, 0.25) is 11.9 Å². The van der Waals surface area contributed by atoms with Crippen molar-refractivity contribution in [3.05, 3.63) is 70.2 Å². The van der Waals surface area contributed by atoms with E-state index in [0.29, 0.717) is 16.7 Å². The highest BCUT2D eigenvalue weighted by Crippen LogP contribution is 2.29. The summed E-state index contributed by atoms with van der Waals surface area (Å²) in [6, 6.07) is 12.8. The maximum absolute atomic E-state index is 12.2. The number of aromatic nitrogens is 3. The highest BCUT2D eigenvalue weighted by Gasteiger charge is 2.26. The van der Waals surface area contributed by atoms with E-state index in [1.807, 2.05) is 30.3 Å². The summed E-state index contributed by atoms with van der Waals surface area (Å²) in [6.07, 6.45) is 6.75. The summed E-state index contributed by atoms with van der Waals surface area (Å²) in [4.78, 5) is 33.0. The van der Waals surface area contributed by atoms with Crippen LogP contribution in [0.15, 0.2) is 59.7 Å². The number of anilines is 1. The van der Waals surface area contributed by atoms with Crippen molar-refractivity contribution >= 4 is 23.5 Å². The van der Waals surface area contributed by atoms with Crippen LogP contribution in [-0.4, -0.2) is 33.5 Å². The first kappa shape index (κ1) is 21.1. The van der Waals surface area contributed by atoms with E-state index in [1.165, 1.54) is 6.07 Å². The van der Waals surface area contributed by atoms with Crippen LogP contribution in [0.1, 0.15) is 25.7 Å². The lowest BCUT2D eigenvalue weighted by atomic mass is 9.85. The molecule has 1 fully saturated rings. The minimum Gasteiger partial charge on any atom is -0.359 e. The molecular formula is C23H24ClN5O2. The molecular weight excluding hydrogens is 414 g/mol. The van der Waals surface area contributed by atoms with Crippen LogP contribution in [0, 0.1) is 5.92 Å². The topological polar surface area (TPSA) is 88.9 Å². The maximum atomic E-state index is 12.2. The predicted octanol–water partition coefficient (Wildman–Crippen LogP) is 3.66. The molecule has 3 aromatic rings. The molecule has 1 aliphatic rings. The number of nitrogens with one attached hydrogen (secondary N) is 2. The number of hydrogen-bond donors (Lipinski definition) is 2. The molecule has 2 N–H and O–H groups in total. The molecule has 0 atom stereocenters. The number of pyridine rings is 1. The van der Waals surface area contributed by atoms with Crippen molar-refractivity contribution in [2.75, 3.05) is 12.4 Å². The third-order valence-electron chi connectivity index (χ3n) is 5.64. The summed E-state index contributed by atoms with van der Waals surface area (Å²) >= 11 is 6.41. The van der Waals surface area contributed by atoms with Gasteiger partial charge in [-0.2, -0.15) is 0 Å². The standard InChI is InChI=1S/C23H24ClN5O2/c1-25-22(31)15-8-10-17(11-9-15)27-23-26-14-19(24)21(28-23)16-5-4-6-18(13-16)29-12-3-2-7-20(29)30/h2-7,12-15,17H,8-11H2,1H3,(H,25,31)(H,26,27,28)/t15-,17-. The SMILES string of the molecule is CNC(=O)[C@H]1CC[C@H](Nc2ncc(Cl)c(-c3cccc(-n4ccccc4=O)c3)n2)CC1. The number of amides is 1. The fourth-order valence-electron chi connectivity index (χ4n) is 3.97. The van der Waals surface area contributed by atoms with Gasteiger partial charge in [0, 0.05) is 42.5 Å². The van der Waals surface area contributed by atoms with Gasteiger partial charge in [0.05, 0.1) is 16.9 Å². The molecule has 0 spiro atoms. The van der Waals surface area contributed by atoms with E-state index in [0.717, 1.165) is 36.9 Å². The van der Waals surface area contributed by atoms with E-state index in [-0.39, 0.29) is 23.4 Å². The van der Waals surface area contributed by atoms with Crippen LogP contribution in [0.5, 0.6) is 0 Å². The van der Waals surface area contributed by atoms with Gasteiger partial charge in [-0.25, -0.2) is 9.97 Å². The Morgan fingerprint density at radius 2 is 1.94 bits per heavy atom. The van der Waals surface area contributed by atoms with Crippen molar-refractivity contribution in [2.24, 2.45) is 5.92 Å². The van der Waals surface area contributed by atoms with Gasteiger partial charge < -0.3 is 10.6 Å². The van der Waals surface area contributed by atoms with Crippen LogP contribution in [0.25, 0.3) is 16.9 Å². The molecule has 0 aliphatic heterocycles. The number of carbonyl (C=O) groups excluding carboxylic acids is 1. The second-order valence-electron chi connectivity index (χ2n) is 7.66. The van der Waals surface area contributed by atoms with Gasteiger partial charge in [0.1, 0.15) is 0 Å². The van der Waals surface area contributed by atoms with Crippen molar-refractivity contribution in [2.45, 2.75) is 31.7 Å². The Morgan fingerprint density at radius 3 is 2.68 bits per heavy atom. The molecule has 31 heavy (non-hydrogen) atoms. The molecule has 4 rings (SSSR count). The molecule has 0 radical (unpaired) electrons. The van der Waals surface area contributed by atoms with Crippen molar-refractivity contribution in [1.82, 2.24) is 19.9 Å². The lowest BCUT2D eigenvalue weighted by Crippen LogP contribution is -2.34. The van der Waals surface area contributed by atoms with E-state index in [4.69, 9.17) is 11.6 Å². The predicted molar refractivity (Wildman–Crippen MR) is 122 cm³/mol. The first-order chi connectivity index (χ1) is 15.0. The van der Waals surface area contributed by atoms with Gasteiger partial charge in [0.15, 0.2) is 0 Å². The van der Waals surface area contributed by atoms with Gasteiger partial charge in [-0.1, -0.05) is 29.8 Å². The average Bonchev–Trinajstić information content (AvgIpc) is 2.80. The lowest BCUT2D eigenvalue weighted by molar-refractivity contribution is -0.125. The Labute approximate surface area is 185 Å². The number of benzene rings is 1. The Hall–Kier alpha value is -3.19. The normalized spacial score (nSPS) is 18.4. The monoisotopic (exact) mass is 437 g/mol. The van der Waals surface area contributed by atoms with E-state index in [2.05, 4.69) is 20.6 Å². The van der Waals surface area contributed by atoms with Gasteiger partial charge in [-0.15, -0.1) is 0 Å². The third-order valence-corrected chi connectivity index (χ3v) is 5.92. The minimum atomic E-state index is -0.108. The van der Waals surface area contributed by atoms with Crippen LogP contribution in [0.3, 0.4) is 0 Å². The Morgan fingerprint density at radius 1 is 1.13 bits per heavy atom. The van der Waals surface area contributed by atoms with Gasteiger partial charge in [-0.05, 0) is 43.9 Å². The quantitative estimate of drug-likeness (QED) is 0.635. The Balaban J connectivity index is 1.54. The molecule has 2 heterocycles. The van der Waals surface area contributed by atoms with Crippen molar-refractivity contribution in [1.29, 1.82) is 0 Å². The molecule has 1 amide bonds. The smallest absolute Gasteiger partial charge is 0.255 e. The van der Waals surface area contributed by atoms with Crippen LogP contribution in [-0.2, 0) is 4.79 Å². The van der Waals surface area contributed by atoms with Crippen LogP contribution in [0.2, 0.25) is 5.02 Å². The summed E-state index contributed by atoms with van der Waals surface area (Å²) in [5.74, 6) is 0.694. The van der Waals surface area contributed by atoms with Crippen molar-refractivity contribution < 1.29 is 4.79 Å². The fraction of sp³-hybridized carbons (Fsp3) is 0.304. The number of carbonyl (C=O) groups is 1. The first-order valence-electron chi connectivity index (χ1n) is 10.3. The van der Waals surface area contributed by atoms with Crippen molar-refractivity contribution in [3.8, 4) is 16.9 Å².